The average molecular weight is 494 g/mol. The molecule has 4 heterocycles. The summed E-state index contributed by atoms with van der Waals surface area (Å²) in [6.45, 7) is 6.23. The van der Waals surface area contributed by atoms with E-state index in [9.17, 15) is 9.59 Å². The van der Waals surface area contributed by atoms with Gasteiger partial charge in [0.05, 0.1) is 28.5 Å². The summed E-state index contributed by atoms with van der Waals surface area (Å²) in [6.07, 6.45) is 3.45. The standard InChI is InChI=1S/C28H27N7O2/c1-4-29-28(37)34-27-32-24-15-20(14-21(26(24)33-27)23-10-6-8-12-31-23)19-13-17(2)35(25(36)16-19)18(3)22-9-5-7-11-30-22/h5-16,18H,4H2,1-3H3,(H3,29,32,33,34,37). The maximum absolute atomic E-state index is 13.3. The lowest BCUT2D eigenvalue weighted by Crippen LogP contribution is -2.28. The lowest BCUT2D eigenvalue weighted by Gasteiger charge is -2.18. The minimum Gasteiger partial charge on any atom is -0.338 e. The number of hydrogen-bond acceptors (Lipinski definition) is 5. The zero-order valence-corrected chi connectivity index (χ0v) is 20.8. The summed E-state index contributed by atoms with van der Waals surface area (Å²) in [5.74, 6) is 0.325. The van der Waals surface area contributed by atoms with Crippen LogP contribution in [0.2, 0.25) is 0 Å². The van der Waals surface area contributed by atoms with E-state index in [1.54, 1.807) is 23.0 Å². The number of carbonyl (C=O) groups is 1. The number of urea groups is 1. The van der Waals surface area contributed by atoms with Gasteiger partial charge in [0, 0.05) is 36.3 Å². The number of nitrogens with one attached hydrogen (secondary N) is 3. The molecule has 5 rings (SSSR count). The molecule has 0 aliphatic heterocycles. The van der Waals surface area contributed by atoms with Gasteiger partial charge in [0.15, 0.2) is 0 Å². The molecule has 0 radical (unpaired) electrons. The van der Waals surface area contributed by atoms with Crippen LogP contribution in [0.1, 0.15) is 31.3 Å². The summed E-state index contributed by atoms with van der Waals surface area (Å²) in [4.78, 5) is 42.1. The van der Waals surface area contributed by atoms with Gasteiger partial charge in [-0.2, -0.15) is 0 Å². The van der Waals surface area contributed by atoms with E-state index in [4.69, 9.17) is 0 Å². The van der Waals surface area contributed by atoms with Crippen LogP contribution in [0.25, 0.3) is 33.4 Å². The highest BCUT2D eigenvalue weighted by atomic mass is 16.2. The topological polar surface area (TPSA) is 118 Å². The van der Waals surface area contributed by atoms with E-state index in [2.05, 4.69) is 30.6 Å². The Kier molecular flexibility index (Phi) is 6.51. The van der Waals surface area contributed by atoms with Gasteiger partial charge >= 0.3 is 6.03 Å². The quantitative estimate of drug-likeness (QED) is 0.311. The van der Waals surface area contributed by atoms with E-state index in [0.717, 1.165) is 39.3 Å². The number of hydrogen-bond donors (Lipinski definition) is 3. The van der Waals surface area contributed by atoms with Crippen LogP contribution >= 0.6 is 0 Å². The zero-order chi connectivity index (χ0) is 25.9. The second kappa shape index (κ2) is 10.1. The van der Waals surface area contributed by atoms with Crippen molar-refractivity contribution in [2.45, 2.75) is 26.8 Å². The van der Waals surface area contributed by atoms with Crippen LogP contribution in [0, 0.1) is 6.92 Å². The van der Waals surface area contributed by atoms with Crippen molar-refractivity contribution in [3.8, 4) is 22.4 Å². The van der Waals surface area contributed by atoms with Crippen LogP contribution in [-0.4, -0.2) is 37.1 Å². The molecule has 5 aromatic rings. The molecule has 0 bridgehead atoms. The number of aromatic nitrogens is 5. The molecule has 186 valence electrons. The molecule has 0 fully saturated rings. The Hall–Kier alpha value is -4.79. The Morgan fingerprint density at radius 3 is 2.46 bits per heavy atom. The zero-order valence-electron chi connectivity index (χ0n) is 20.8. The monoisotopic (exact) mass is 493 g/mol. The molecule has 37 heavy (non-hydrogen) atoms. The fourth-order valence-corrected chi connectivity index (χ4v) is 4.51. The third kappa shape index (κ3) is 4.84. The summed E-state index contributed by atoms with van der Waals surface area (Å²) in [5.41, 5.74) is 6.06. The number of anilines is 1. The predicted molar refractivity (Wildman–Crippen MR) is 145 cm³/mol. The molecule has 0 spiro atoms. The minimum atomic E-state index is -0.345. The summed E-state index contributed by atoms with van der Waals surface area (Å²) < 4.78 is 1.74. The maximum Gasteiger partial charge on any atom is 0.321 e. The molecule has 1 unspecified atom stereocenters. The van der Waals surface area contributed by atoms with E-state index in [-0.39, 0.29) is 17.6 Å². The van der Waals surface area contributed by atoms with Crippen molar-refractivity contribution in [2.24, 2.45) is 0 Å². The van der Waals surface area contributed by atoms with Gasteiger partial charge in [-0.15, -0.1) is 0 Å². The molecule has 1 aromatic carbocycles. The van der Waals surface area contributed by atoms with E-state index >= 15 is 0 Å². The molecule has 4 aromatic heterocycles. The third-order valence-electron chi connectivity index (χ3n) is 6.20. The van der Waals surface area contributed by atoms with Gasteiger partial charge in [-0.05, 0) is 74.4 Å². The van der Waals surface area contributed by atoms with Gasteiger partial charge in [-0.1, -0.05) is 12.1 Å². The molecule has 0 aliphatic rings. The molecule has 9 nitrogen and oxygen atoms in total. The van der Waals surface area contributed by atoms with E-state index in [1.165, 1.54) is 0 Å². The Balaban J connectivity index is 1.62. The first kappa shape index (κ1) is 23.9. The number of pyridine rings is 3. The summed E-state index contributed by atoms with van der Waals surface area (Å²) in [6, 6.07) is 18.3. The largest absolute Gasteiger partial charge is 0.338 e. The number of amides is 2. The number of rotatable bonds is 6. The van der Waals surface area contributed by atoms with Gasteiger partial charge in [-0.25, -0.2) is 9.78 Å². The average Bonchev–Trinajstić information content (AvgIpc) is 3.31. The van der Waals surface area contributed by atoms with Gasteiger partial charge in [0.2, 0.25) is 5.95 Å². The first-order valence-electron chi connectivity index (χ1n) is 12.1. The number of benzene rings is 1. The van der Waals surface area contributed by atoms with Gasteiger partial charge in [-0.3, -0.25) is 20.1 Å². The van der Waals surface area contributed by atoms with Gasteiger partial charge in [0.1, 0.15) is 0 Å². The third-order valence-corrected chi connectivity index (χ3v) is 6.20. The molecule has 0 aliphatic carbocycles. The molecule has 2 amide bonds. The van der Waals surface area contributed by atoms with Crippen LogP contribution in [0.3, 0.4) is 0 Å². The van der Waals surface area contributed by atoms with Crippen LogP contribution in [0.5, 0.6) is 0 Å². The lowest BCUT2D eigenvalue weighted by molar-refractivity contribution is 0.252. The van der Waals surface area contributed by atoms with Crippen molar-refractivity contribution < 1.29 is 4.79 Å². The Morgan fingerprint density at radius 1 is 1.03 bits per heavy atom. The second-order valence-electron chi connectivity index (χ2n) is 8.73. The highest BCUT2D eigenvalue weighted by Crippen LogP contribution is 2.33. The number of carbonyl (C=O) groups excluding carboxylic acids is 1. The van der Waals surface area contributed by atoms with Crippen molar-refractivity contribution in [3.63, 3.8) is 0 Å². The highest BCUT2D eigenvalue weighted by Gasteiger charge is 2.17. The van der Waals surface area contributed by atoms with Crippen LogP contribution in [0.15, 0.2) is 77.9 Å². The fraction of sp³-hybridized carbons (Fsp3) is 0.179. The lowest BCUT2D eigenvalue weighted by atomic mass is 9.99. The first-order valence-corrected chi connectivity index (χ1v) is 12.1. The Labute approximate surface area is 213 Å². The maximum atomic E-state index is 13.3. The van der Waals surface area contributed by atoms with E-state index < -0.39 is 0 Å². The van der Waals surface area contributed by atoms with Gasteiger partial charge < -0.3 is 14.9 Å². The molecular formula is C28H27N7O2. The molecule has 3 N–H and O–H groups in total. The molecule has 9 heteroatoms. The number of aryl methyl sites for hydroxylation is 1. The van der Waals surface area contributed by atoms with Crippen molar-refractivity contribution >= 4 is 23.0 Å². The van der Waals surface area contributed by atoms with Crippen molar-refractivity contribution in [2.75, 3.05) is 11.9 Å². The summed E-state index contributed by atoms with van der Waals surface area (Å²) in [5, 5.41) is 5.42. The summed E-state index contributed by atoms with van der Waals surface area (Å²) in [7, 11) is 0. The second-order valence-corrected chi connectivity index (χ2v) is 8.73. The van der Waals surface area contributed by atoms with E-state index in [0.29, 0.717) is 18.0 Å². The number of aromatic amines is 1. The Morgan fingerprint density at radius 2 is 1.78 bits per heavy atom. The number of imidazole rings is 1. The molecule has 0 saturated carbocycles. The SMILES string of the molecule is CCNC(=O)Nc1nc2cc(-c3cc(C)n(C(C)c4ccccn4)c(=O)c3)cc(-c3ccccn3)c2[nH]1. The highest BCUT2D eigenvalue weighted by molar-refractivity contribution is 5.98. The number of H-pyrrole nitrogens is 1. The van der Waals surface area contributed by atoms with Crippen LogP contribution in [-0.2, 0) is 0 Å². The molecule has 0 saturated heterocycles. The van der Waals surface area contributed by atoms with E-state index in [1.807, 2.05) is 75.4 Å². The molecule has 1 atom stereocenters. The summed E-state index contributed by atoms with van der Waals surface area (Å²) >= 11 is 0. The minimum absolute atomic E-state index is 0.117. The smallest absolute Gasteiger partial charge is 0.321 e. The normalized spacial score (nSPS) is 11.9. The molecular weight excluding hydrogens is 466 g/mol. The number of fused-ring (bicyclic) bond motifs is 1. The Bertz CT molecular complexity index is 1630. The van der Waals surface area contributed by atoms with Crippen molar-refractivity contribution in [1.29, 1.82) is 0 Å². The van der Waals surface area contributed by atoms with Crippen LogP contribution in [0.4, 0.5) is 10.7 Å². The van der Waals surface area contributed by atoms with Gasteiger partial charge in [0.25, 0.3) is 5.56 Å². The van der Waals surface area contributed by atoms with Crippen molar-refractivity contribution in [3.05, 3.63) is 94.8 Å². The van der Waals surface area contributed by atoms with Crippen molar-refractivity contribution in [1.82, 2.24) is 29.8 Å². The first-order chi connectivity index (χ1) is 17.9. The van der Waals surface area contributed by atoms with Crippen LogP contribution < -0.4 is 16.2 Å². The number of nitrogens with zero attached hydrogens (tertiary/aromatic N) is 4. The fourth-order valence-electron chi connectivity index (χ4n) is 4.51. The predicted octanol–water partition coefficient (Wildman–Crippen LogP) is 4.91.